The summed E-state index contributed by atoms with van der Waals surface area (Å²) in [6, 6.07) is 7.73. The van der Waals surface area contributed by atoms with Crippen molar-refractivity contribution in [3.63, 3.8) is 0 Å². The van der Waals surface area contributed by atoms with Gasteiger partial charge in [-0.1, -0.05) is 25.1 Å². The van der Waals surface area contributed by atoms with Crippen molar-refractivity contribution in [2.45, 2.75) is 39.0 Å². The highest BCUT2D eigenvalue weighted by Gasteiger charge is 2.19. The third kappa shape index (κ3) is 3.30. The van der Waals surface area contributed by atoms with Gasteiger partial charge < -0.3 is 20.6 Å². The van der Waals surface area contributed by atoms with E-state index in [1.54, 1.807) is 4.68 Å². The van der Waals surface area contributed by atoms with E-state index in [1.807, 2.05) is 38.1 Å². The number of rotatable bonds is 7. The molecule has 0 saturated heterocycles. The van der Waals surface area contributed by atoms with Crippen molar-refractivity contribution < 1.29 is 15.3 Å². The molecule has 2 atom stereocenters. The molecule has 134 valence electrons. The molecule has 0 unspecified atom stereocenters. The quantitative estimate of drug-likeness (QED) is 0.517. The molecule has 0 saturated carbocycles. The standard InChI is InChI=1S/C18H24N4O3/c1-3-12(9-23)19-17-14-6-4-5-7-15(14)20-18-16(17)11(2)21-22(18)8-13(25)10-24/h4-7,12-13,23-25H,3,8-10H2,1-2H3,(H,19,20)/t12-,13+/m1/s1. The van der Waals surface area contributed by atoms with Crippen LogP contribution in [0.2, 0.25) is 0 Å². The fourth-order valence-electron chi connectivity index (χ4n) is 3.02. The Balaban J connectivity index is 2.25. The van der Waals surface area contributed by atoms with Gasteiger partial charge in [0.1, 0.15) is 0 Å². The average Bonchev–Trinajstić information content (AvgIpc) is 2.94. The Morgan fingerprint density at radius 1 is 1.20 bits per heavy atom. The molecular formula is C18H24N4O3. The van der Waals surface area contributed by atoms with Crippen LogP contribution in [0.4, 0.5) is 5.69 Å². The molecule has 0 spiro atoms. The molecule has 7 nitrogen and oxygen atoms in total. The second-order valence-corrected chi connectivity index (χ2v) is 6.24. The molecular weight excluding hydrogens is 320 g/mol. The highest BCUT2D eigenvalue weighted by molar-refractivity contribution is 6.07. The van der Waals surface area contributed by atoms with Crippen molar-refractivity contribution in [3.8, 4) is 0 Å². The van der Waals surface area contributed by atoms with Crippen LogP contribution in [0.25, 0.3) is 21.9 Å². The number of aliphatic hydroxyl groups excluding tert-OH is 3. The van der Waals surface area contributed by atoms with Crippen molar-refractivity contribution in [2.24, 2.45) is 0 Å². The van der Waals surface area contributed by atoms with Gasteiger partial charge in [-0.15, -0.1) is 0 Å². The molecule has 0 aliphatic heterocycles. The van der Waals surface area contributed by atoms with Crippen molar-refractivity contribution >= 4 is 27.6 Å². The van der Waals surface area contributed by atoms with E-state index in [4.69, 9.17) is 10.1 Å². The monoisotopic (exact) mass is 344 g/mol. The number of benzene rings is 1. The van der Waals surface area contributed by atoms with E-state index >= 15 is 0 Å². The number of hydrogen-bond donors (Lipinski definition) is 4. The van der Waals surface area contributed by atoms with Crippen LogP contribution in [-0.4, -0.2) is 55.4 Å². The minimum absolute atomic E-state index is 0.0328. The first-order valence-corrected chi connectivity index (χ1v) is 8.51. The highest BCUT2D eigenvalue weighted by atomic mass is 16.3. The van der Waals surface area contributed by atoms with Gasteiger partial charge in [0.05, 0.1) is 48.1 Å². The van der Waals surface area contributed by atoms with Crippen molar-refractivity contribution in [1.29, 1.82) is 0 Å². The number of nitrogens with one attached hydrogen (secondary N) is 1. The number of aliphatic hydroxyl groups is 3. The summed E-state index contributed by atoms with van der Waals surface area (Å²) in [7, 11) is 0. The lowest BCUT2D eigenvalue weighted by atomic mass is 10.1. The van der Waals surface area contributed by atoms with Crippen LogP contribution >= 0.6 is 0 Å². The zero-order chi connectivity index (χ0) is 18.0. The summed E-state index contributed by atoms with van der Waals surface area (Å²) in [6.07, 6.45) is -0.113. The van der Waals surface area contributed by atoms with Crippen LogP contribution in [0, 0.1) is 6.92 Å². The van der Waals surface area contributed by atoms with E-state index < -0.39 is 6.10 Å². The minimum atomic E-state index is -0.895. The Hall–Kier alpha value is -2.22. The Morgan fingerprint density at radius 3 is 2.64 bits per heavy atom. The van der Waals surface area contributed by atoms with Gasteiger partial charge >= 0.3 is 0 Å². The van der Waals surface area contributed by atoms with Gasteiger partial charge in [0.15, 0.2) is 5.65 Å². The van der Waals surface area contributed by atoms with E-state index in [-0.39, 0.29) is 25.8 Å². The maximum absolute atomic E-state index is 9.80. The fourth-order valence-corrected chi connectivity index (χ4v) is 3.02. The number of para-hydroxylation sites is 1. The maximum atomic E-state index is 9.80. The summed E-state index contributed by atoms with van der Waals surface area (Å²) in [6.45, 7) is 3.78. The molecule has 3 aromatic rings. The fraction of sp³-hybridized carbons (Fsp3) is 0.444. The number of fused-ring (bicyclic) bond motifs is 2. The molecule has 2 heterocycles. The van der Waals surface area contributed by atoms with E-state index in [0.717, 1.165) is 34.1 Å². The zero-order valence-corrected chi connectivity index (χ0v) is 14.5. The first-order valence-electron chi connectivity index (χ1n) is 8.51. The molecule has 0 aliphatic rings. The van der Waals surface area contributed by atoms with Gasteiger partial charge in [0, 0.05) is 11.4 Å². The summed E-state index contributed by atoms with van der Waals surface area (Å²) in [5, 5.41) is 38.3. The third-order valence-corrected chi connectivity index (χ3v) is 4.41. The number of anilines is 1. The normalized spacial score (nSPS) is 14.1. The molecule has 3 rings (SSSR count). The van der Waals surface area contributed by atoms with E-state index in [9.17, 15) is 10.2 Å². The molecule has 1 aromatic carbocycles. The Labute approximate surface area is 145 Å². The number of hydrogen-bond acceptors (Lipinski definition) is 6. The number of aromatic nitrogens is 3. The molecule has 7 heteroatoms. The Morgan fingerprint density at radius 2 is 1.96 bits per heavy atom. The summed E-state index contributed by atoms with van der Waals surface area (Å²) in [5.74, 6) is 0. The SMILES string of the molecule is CC[C@H](CO)Nc1c2ccccc2nc2c1c(C)nn2C[C@H](O)CO. The molecule has 25 heavy (non-hydrogen) atoms. The van der Waals surface area contributed by atoms with Crippen LogP contribution in [0.5, 0.6) is 0 Å². The van der Waals surface area contributed by atoms with Gasteiger partial charge in [0.2, 0.25) is 0 Å². The highest BCUT2D eigenvalue weighted by Crippen LogP contribution is 2.33. The molecule has 0 fully saturated rings. The van der Waals surface area contributed by atoms with Gasteiger partial charge in [-0.25, -0.2) is 9.67 Å². The minimum Gasteiger partial charge on any atom is -0.394 e. The predicted octanol–water partition coefficient (Wildman–Crippen LogP) is 1.43. The zero-order valence-electron chi connectivity index (χ0n) is 14.5. The lowest BCUT2D eigenvalue weighted by Crippen LogP contribution is -2.23. The average molecular weight is 344 g/mol. The smallest absolute Gasteiger partial charge is 0.160 e. The summed E-state index contributed by atoms with van der Waals surface area (Å²) in [4.78, 5) is 4.71. The largest absolute Gasteiger partial charge is 0.394 e. The van der Waals surface area contributed by atoms with Crippen LogP contribution in [0.1, 0.15) is 19.0 Å². The van der Waals surface area contributed by atoms with E-state index in [0.29, 0.717) is 5.65 Å². The Kier molecular flexibility index (Phi) is 5.17. The van der Waals surface area contributed by atoms with Crippen LogP contribution in [0.3, 0.4) is 0 Å². The topological polar surface area (TPSA) is 103 Å². The van der Waals surface area contributed by atoms with Gasteiger partial charge in [-0.2, -0.15) is 5.10 Å². The van der Waals surface area contributed by atoms with Crippen molar-refractivity contribution in [1.82, 2.24) is 14.8 Å². The lowest BCUT2D eigenvalue weighted by Gasteiger charge is -2.18. The van der Waals surface area contributed by atoms with E-state index in [2.05, 4.69) is 10.4 Å². The third-order valence-electron chi connectivity index (χ3n) is 4.41. The van der Waals surface area contributed by atoms with Crippen molar-refractivity contribution in [2.75, 3.05) is 18.5 Å². The van der Waals surface area contributed by atoms with Crippen LogP contribution in [-0.2, 0) is 6.54 Å². The summed E-state index contributed by atoms with van der Waals surface area (Å²) in [5.41, 5.74) is 3.14. The Bertz CT molecular complexity index is 874. The van der Waals surface area contributed by atoms with Gasteiger partial charge in [-0.05, 0) is 19.4 Å². The van der Waals surface area contributed by atoms with Gasteiger partial charge in [-0.3, -0.25) is 0 Å². The molecule has 0 radical (unpaired) electrons. The number of nitrogens with zero attached hydrogens (tertiary/aromatic N) is 3. The summed E-state index contributed by atoms with van der Waals surface area (Å²) >= 11 is 0. The second-order valence-electron chi connectivity index (χ2n) is 6.24. The number of pyridine rings is 1. The molecule has 2 aromatic heterocycles. The molecule has 0 amide bonds. The molecule has 0 bridgehead atoms. The lowest BCUT2D eigenvalue weighted by molar-refractivity contribution is 0.0791. The van der Waals surface area contributed by atoms with Gasteiger partial charge in [0.25, 0.3) is 0 Å². The van der Waals surface area contributed by atoms with Crippen molar-refractivity contribution in [3.05, 3.63) is 30.0 Å². The van der Waals surface area contributed by atoms with E-state index in [1.165, 1.54) is 0 Å². The molecule has 0 aliphatic carbocycles. The summed E-state index contributed by atoms with van der Waals surface area (Å²) < 4.78 is 1.63. The molecule has 4 N–H and O–H groups in total. The predicted molar refractivity (Wildman–Crippen MR) is 97.7 cm³/mol. The second kappa shape index (κ2) is 7.35. The number of aryl methyl sites for hydroxylation is 1. The first kappa shape index (κ1) is 17.6. The van der Waals surface area contributed by atoms with Crippen LogP contribution in [0.15, 0.2) is 24.3 Å². The first-order chi connectivity index (χ1) is 12.1. The van der Waals surface area contributed by atoms with Crippen LogP contribution < -0.4 is 5.32 Å². The maximum Gasteiger partial charge on any atom is 0.160 e.